The van der Waals surface area contributed by atoms with E-state index < -0.39 is 0 Å². The van der Waals surface area contributed by atoms with Crippen LogP contribution in [0.15, 0.2) is 42.6 Å². The van der Waals surface area contributed by atoms with E-state index >= 15 is 0 Å². The summed E-state index contributed by atoms with van der Waals surface area (Å²) < 4.78 is 7.20. The van der Waals surface area contributed by atoms with Crippen LogP contribution in [-0.2, 0) is 6.54 Å². The molecule has 0 aliphatic rings. The second kappa shape index (κ2) is 5.68. The molecule has 0 spiro atoms. The molecule has 0 amide bonds. The Morgan fingerprint density at radius 1 is 1.13 bits per heavy atom. The number of ketones is 1. The maximum Gasteiger partial charge on any atom is 0.198 e. The zero-order chi connectivity index (χ0) is 16.6. The van der Waals surface area contributed by atoms with Gasteiger partial charge in [-0.3, -0.25) is 4.79 Å². The smallest absolute Gasteiger partial charge is 0.198 e. The van der Waals surface area contributed by atoms with Crippen molar-refractivity contribution >= 4 is 16.7 Å². The minimum Gasteiger partial charge on any atom is -0.508 e. The number of carbonyl (C=O) groups is 1. The number of rotatable bonds is 4. The summed E-state index contributed by atoms with van der Waals surface area (Å²) in [5, 5.41) is 20.1. The highest BCUT2D eigenvalue weighted by atomic mass is 16.5. The third-order valence-corrected chi connectivity index (χ3v) is 3.90. The summed E-state index contributed by atoms with van der Waals surface area (Å²) in [6.45, 7) is 2.70. The van der Waals surface area contributed by atoms with Crippen LogP contribution in [0.25, 0.3) is 10.9 Å². The van der Waals surface area contributed by atoms with Crippen LogP contribution < -0.4 is 4.74 Å². The van der Waals surface area contributed by atoms with Crippen molar-refractivity contribution in [3.63, 3.8) is 0 Å². The largest absolute Gasteiger partial charge is 0.508 e. The number of benzene rings is 2. The molecule has 1 aromatic heterocycles. The Labute approximate surface area is 133 Å². The molecular formula is C18H17NO4. The Bertz CT molecular complexity index is 895. The van der Waals surface area contributed by atoms with Gasteiger partial charge < -0.3 is 19.5 Å². The number of aromatic hydroxyl groups is 2. The molecule has 3 aromatic rings. The second-order valence-electron chi connectivity index (χ2n) is 5.24. The Morgan fingerprint density at radius 2 is 1.91 bits per heavy atom. The van der Waals surface area contributed by atoms with Crippen LogP contribution in [0.5, 0.6) is 17.2 Å². The number of fused-ring (bicyclic) bond motifs is 1. The molecule has 2 N–H and O–H groups in total. The quantitative estimate of drug-likeness (QED) is 0.725. The van der Waals surface area contributed by atoms with Crippen LogP contribution in [0.1, 0.15) is 22.8 Å². The van der Waals surface area contributed by atoms with Crippen molar-refractivity contribution in [3.05, 3.63) is 53.7 Å². The zero-order valence-electron chi connectivity index (χ0n) is 12.9. The highest BCUT2D eigenvalue weighted by Gasteiger charge is 2.19. The molecule has 5 heteroatoms. The van der Waals surface area contributed by atoms with Crippen LogP contribution >= 0.6 is 0 Å². The van der Waals surface area contributed by atoms with E-state index in [0.717, 1.165) is 22.7 Å². The molecule has 0 saturated carbocycles. The number of phenols is 2. The van der Waals surface area contributed by atoms with Gasteiger partial charge in [0.05, 0.1) is 18.2 Å². The predicted octanol–water partition coefficient (Wildman–Crippen LogP) is 3.31. The Morgan fingerprint density at radius 3 is 2.57 bits per heavy atom. The molecule has 0 unspecified atom stereocenters. The number of ether oxygens (including phenoxy) is 1. The predicted molar refractivity (Wildman–Crippen MR) is 87.4 cm³/mol. The topological polar surface area (TPSA) is 71.7 Å². The molecule has 0 saturated heterocycles. The second-order valence-corrected chi connectivity index (χ2v) is 5.24. The normalized spacial score (nSPS) is 10.9. The van der Waals surface area contributed by atoms with Crippen molar-refractivity contribution in [2.75, 3.05) is 7.11 Å². The number of phenolic OH excluding ortho intramolecular Hbond substituents is 2. The molecule has 0 radical (unpaired) electrons. The minimum atomic E-state index is -0.287. The first kappa shape index (κ1) is 15.0. The summed E-state index contributed by atoms with van der Waals surface area (Å²) in [5.74, 6) is 0.113. The van der Waals surface area contributed by atoms with E-state index in [4.69, 9.17) is 4.74 Å². The molecular weight excluding hydrogens is 294 g/mol. The Balaban J connectivity index is 2.17. The van der Waals surface area contributed by atoms with Gasteiger partial charge in [0, 0.05) is 35.8 Å². The summed E-state index contributed by atoms with van der Waals surface area (Å²) in [5.41, 5.74) is 1.56. The molecule has 23 heavy (non-hydrogen) atoms. The minimum absolute atomic E-state index is 0.0835. The molecule has 0 atom stereocenters. The molecule has 0 aliphatic carbocycles. The third-order valence-electron chi connectivity index (χ3n) is 3.90. The van der Waals surface area contributed by atoms with Gasteiger partial charge in [0.25, 0.3) is 0 Å². The van der Waals surface area contributed by atoms with Crippen molar-refractivity contribution in [1.82, 2.24) is 4.57 Å². The average molecular weight is 311 g/mol. The standard InChI is InChI=1S/C18H17NO4/c1-3-19-10-15(13-7-5-12(23-2)9-16(13)19)18(22)14-6-4-11(20)8-17(14)21/h4-10,20-21H,3H2,1-2H3. The summed E-state index contributed by atoms with van der Waals surface area (Å²) >= 11 is 0. The van der Waals surface area contributed by atoms with Crippen molar-refractivity contribution in [3.8, 4) is 17.2 Å². The van der Waals surface area contributed by atoms with E-state index in [-0.39, 0.29) is 22.8 Å². The molecule has 0 fully saturated rings. The molecule has 2 aromatic carbocycles. The van der Waals surface area contributed by atoms with Crippen LogP contribution in [0, 0.1) is 0 Å². The summed E-state index contributed by atoms with van der Waals surface area (Å²) in [6, 6.07) is 9.49. The van der Waals surface area contributed by atoms with Crippen LogP contribution in [-0.4, -0.2) is 27.7 Å². The first-order valence-corrected chi connectivity index (χ1v) is 7.28. The van der Waals surface area contributed by atoms with E-state index in [1.54, 1.807) is 19.4 Å². The zero-order valence-corrected chi connectivity index (χ0v) is 12.9. The van der Waals surface area contributed by atoms with E-state index in [1.165, 1.54) is 12.1 Å². The highest BCUT2D eigenvalue weighted by Crippen LogP contribution is 2.30. The maximum atomic E-state index is 12.8. The molecule has 118 valence electrons. The van der Waals surface area contributed by atoms with E-state index in [0.29, 0.717) is 12.1 Å². The lowest BCUT2D eigenvalue weighted by molar-refractivity contribution is 0.103. The Hall–Kier alpha value is -2.95. The van der Waals surface area contributed by atoms with Gasteiger partial charge in [-0.05, 0) is 31.2 Å². The summed E-state index contributed by atoms with van der Waals surface area (Å²) in [7, 11) is 1.60. The van der Waals surface area contributed by atoms with Gasteiger partial charge in [-0.1, -0.05) is 0 Å². The first-order chi connectivity index (χ1) is 11.0. The van der Waals surface area contributed by atoms with E-state index in [1.807, 2.05) is 23.6 Å². The number of hydrogen-bond acceptors (Lipinski definition) is 4. The van der Waals surface area contributed by atoms with Gasteiger partial charge in [-0.2, -0.15) is 0 Å². The first-order valence-electron chi connectivity index (χ1n) is 7.28. The average Bonchev–Trinajstić information content (AvgIpc) is 2.92. The van der Waals surface area contributed by atoms with Gasteiger partial charge in [0.15, 0.2) is 5.78 Å². The molecule has 0 aliphatic heterocycles. The van der Waals surface area contributed by atoms with Gasteiger partial charge in [-0.15, -0.1) is 0 Å². The highest BCUT2D eigenvalue weighted by molar-refractivity contribution is 6.17. The van der Waals surface area contributed by atoms with Crippen molar-refractivity contribution in [2.24, 2.45) is 0 Å². The van der Waals surface area contributed by atoms with Gasteiger partial charge in [0.1, 0.15) is 17.2 Å². The van der Waals surface area contributed by atoms with Crippen LogP contribution in [0.2, 0.25) is 0 Å². The van der Waals surface area contributed by atoms with E-state index in [2.05, 4.69) is 0 Å². The monoisotopic (exact) mass is 311 g/mol. The number of methoxy groups -OCH3 is 1. The van der Waals surface area contributed by atoms with Gasteiger partial charge in [-0.25, -0.2) is 0 Å². The van der Waals surface area contributed by atoms with Crippen molar-refractivity contribution in [2.45, 2.75) is 13.5 Å². The molecule has 0 bridgehead atoms. The van der Waals surface area contributed by atoms with Crippen molar-refractivity contribution in [1.29, 1.82) is 0 Å². The fraction of sp³-hybridized carbons (Fsp3) is 0.167. The lowest BCUT2D eigenvalue weighted by Gasteiger charge is -2.04. The van der Waals surface area contributed by atoms with Crippen LogP contribution in [0.4, 0.5) is 0 Å². The summed E-state index contributed by atoms with van der Waals surface area (Å²) in [4.78, 5) is 12.8. The summed E-state index contributed by atoms with van der Waals surface area (Å²) in [6.07, 6.45) is 1.78. The Kier molecular flexibility index (Phi) is 3.70. The molecule has 1 heterocycles. The van der Waals surface area contributed by atoms with Crippen molar-refractivity contribution < 1.29 is 19.7 Å². The van der Waals surface area contributed by atoms with Gasteiger partial charge >= 0.3 is 0 Å². The number of nitrogens with zero attached hydrogens (tertiary/aromatic N) is 1. The lowest BCUT2D eigenvalue weighted by atomic mass is 10.0. The number of aryl methyl sites for hydroxylation is 1. The number of aromatic nitrogens is 1. The number of hydrogen-bond donors (Lipinski definition) is 2. The third kappa shape index (κ3) is 2.50. The SMILES string of the molecule is CCn1cc(C(=O)c2ccc(O)cc2O)c2ccc(OC)cc21. The fourth-order valence-corrected chi connectivity index (χ4v) is 2.70. The number of carbonyl (C=O) groups excluding carboxylic acids is 1. The van der Waals surface area contributed by atoms with Crippen LogP contribution in [0.3, 0.4) is 0 Å². The molecule has 3 rings (SSSR count). The lowest BCUT2D eigenvalue weighted by Crippen LogP contribution is -2.01. The van der Waals surface area contributed by atoms with Gasteiger partial charge in [0.2, 0.25) is 0 Å². The van der Waals surface area contributed by atoms with E-state index in [9.17, 15) is 15.0 Å². The fourth-order valence-electron chi connectivity index (χ4n) is 2.70. The molecule has 5 nitrogen and oxygen atoms in total. The maximum absolute atomic E-state index is 12.8.